The Morgan fingerprint density at radius 2 is 2.21 bits per heavy atom. The SMILES string of the molecule is C[C@@H](N)c1cc2cn(C)nc2cn1.Cl. The van der Waals surface area contributed by atoms with Crippen LogP contribution in [0.25, 0.3) is 10.9 Å². The van der Waals surface area contributed by atoms with Crippen molar-refractivity contribution in [3.63, 3.8) is 0 Å². The zero-order chi connectivity index (χ0) is 9.42. The monoisotopic (exact) mass is 212 g/mol. The molecule has 2 aromatic rings. The summed E-state index contributed by atoms with van der Waals surface area (Å²) in [6.45, 7) is 1.92. The van der Waals surface area contributed by atoms with Gasteiger partial charge in [0, 0.05) is 24.7 Å². The second-order valence-corrected chi connectivity index (χ2v) is 3.26. The topological polar surface area (TPSA) is 56.7 Å². The first-order valence-electron chi connectivity index (χ1n) is 4.21. The molecule has 2 aromatic heterocycles. The summed E-state index contributed by atoms with van der Waals surface area (Å²) < 4.78 is 1.78. The van der Waals surface area contributed by atoms with E-state index in [1.54, 1.807) is 10.9 Å². The zero-order valence-electron chi connectivity index (χ0n) is 8.14. The minimum Gasteiger partial charge on any atom is -0.323 e. The summed E-state index contributed by atoms with van der Waals surface area (Å²) in [6, 6.07) is 1.96. The van der Waals surface area contributed by atoms with Crippen molar-refractivity contribution in [3.8, 4) is 0 Å². The van der Waals surface area contributed by atoms with Gasteiger partial charge in [-0.15, -0.1) is 12.4 Å². The first-order chi connectivity index (χ1) is 6.16. The average molecular weight is 213 g/mol. The van der Waals surface area contributed by atoms with E-state index in [0.29, 0.717) is 0 Å². The van der Waals surface area contributed by atoms with Crippen molar-refractivity contribution in [1.82, 2.24) is 14.8 Å². The summed E-state index contributed by atoms with van der Waals surface area (Å²) in [6.07, 6.45) is 3.72. The number of aryl methyl sites for hydroxylation is 1. The van der Waals surface area contributed by atoms with E-state index < -0.39 is 0 Å². The van der Waals surface area contributed by atoms with Crippen LogP contribution in [0.1, 0.15) is 18.7 Å². The maximum Gasteiger partial charge on any atom is 0.111 e. The molecule has 14 heavy (non-hydrogen) atoms. The molecule has 0 aliphatic heterocycles. The highest BCUT2D eigenvalue weighted by Crippen LogP contribution is 2.14. The molecule has 2 N–H and O–H groups in total. The Labute approximate surface area is 88.5 Å². The number of hydrogen-bond acceptors (Lipinski definition) is 3. The molecule has 0 saturated carbocycles. The van der Waals surface area contributed by atoms with E-state index in [4.69, 9.17) is 5.73 Å². The summed E-state index contributed by atoms with van der Waals surface area (Å²) in [5.74, 6) is 0. The van der Waals surface area contributed by atoms with E-state index in [-0.39, 0.29) is 18.4 Å². The molecule has 0 amide bonds. The van der Waals surface area contributed by atoms with Crippen molar-refractivity contribution < 1.29 is 0 Å². The Balaban J connectivity index is 0.000000980. The van der Waals surface area contributed by atoms with Crippen LogP contribution in [0.3, 0.4) is 0 Å². The molecule has 0 spiro atoms. The first kappa shape index (κ1) is 10.9. The molecular formula is C9H13ClN4. The van der Waals surface area contributed by atoms with Crippen LogP contribution in [0, 0.1) is 0 Å². The Morgan fingerprint density at radius 3 is 2.86 bits per heavy atom. The van der Waals surface area contributed by atoms with E-state index >= 15 is 0 Å². The fraction of sp³-hybridized carbons (Fsp3) is 0.333. The number of hydrogen-bond donors (Lipinski definition) is 1. The van der Waals surface area contributed by atoms with Gasteiger partial charge in [-0.25, -0.2) is 0 Å². The van der Waals surface area contributed by atoms with E-state index in [0.717, 1.165) is 16.6 Å². The first-order valence-corrected chi connectivity index (χ1v) is 4.21. The van der Waals surface area contributed by atoms with Crippen molar-refractivity contribution in [2.75, 3.05) is 0 Å². The smallest absolute Gasteiger partial charge is 0.111 e. The Kier molecular flexibility index (Phi) is 3.08. The maximum atomic E-state index is 5.72. The van der Waals surface area contributed by atoms with Crippen molar-refractivity contribution in [2.45, 2.75) is 13.0 Å². The molecule has 1 atom stereocenters. The summed E-state index contributed by atoms with van der Waals surface area (Å²) in [5, 5.41) is 5.31. The molecular weight excluding hydrogens is 200 g/mol. The predicted octanol–water partition coefficient (Wildman–Crippen LogP) is 1.41. The maximum absolute atomic E-state index is 5.72. The van der Waals surface area contributed by atoms with Gasteiger partial charge < -0.3 is 5.73 Å². The molecule has 0 aliphatic rings. The largest absolute Gasteiger partial charge is 0.323 e. The lowest BCUT2D eigenvalue weighted by Gasteiger charge is -2.02. The fourth-order valence-electron chi connectivity index (χ4n) is 1.32. The third kappa shape index (κ3) is 1.86. The molecule has 0 saturated heterocycles. The van der Waals surface area contributed by atoms with Crippen LogP contribution in [0.4, 0.5) is 0 Å². The number of pyridine rings is 1. The van der Waals surface area contributed by atoms with Gasteiger partial charge in [-0.3, -0.25) is 9.67 Å². The third-order valence-corrected chi connectivity index (χ3v) is 1.99. The average Bonchev–Trinajstić information content (AvgIpc) is 2.42. The molecule has 0 aromatic carbocycles. The standard InChI is InChI=1S/C9H12N4.ClH/c1-6(10)8-3-7-5-13(2)12-9(7)4-11-8;/h3-6H,10H2,1-2H3;1H/t6-;/m1./s1. The Morgan fingerprint density at radius 1 is 1.50 bits per heavy atom. The van der Waals surface area contributed by atoms with Gasteiger partial charge in [0.25, 0.3) is 0 Å². The highest BCUT2D eigenvalue weighted by atomic mass is 35.5. The van der Waals surface area contributed by atoms with E-state index in [1.165, 1.54) is 0 Å². The number of aromatic nitrogens is 3. The Hall–Kier alpha value is -1.13. The number of nitrogens with two attached hydrogens (primary N) is 1. The number of fused-ring (bicyclic) bond motifs is 1. The van der Waals surface area contributed by atoms with Crippen LogP contribution in [0.2, 0.25) is 0 Å². The summed E-state index contributed by atoms with van der Waals surface area (Å²) in [7, 11) is 1.89. The quantitative estimate of drug-likeness (QED) is 0.778. The third-order valence-electron chi connectivity index (χ3n) is 1.99. The molecule has 2 heterocycles. The van der Waals surface area contributed by atoms with Crippen molar-refractivity contribution >= 4 is 23.3 Å². The fourth-order valence-corrected chi connectivity index (χ4v) is 1.32. The minimum absolute atomic E-state index is 0. The normalized spacial score (nSPS) is 12.5. The van der Waals surface area contributed by atoms with E-state index in [9.17, 15) is 0 Å². The van der Waals surface area contributed by atoms with Crippen LogP contribution in [-0.4, -0.2) is 14.8 Å². The van der Waals surface area contributed by atoms with Gasteiger partial charge in [0.05, 0.1) is 11.9 Å². The van der Waals surface area contributed by atoms with Crippen LogP contribution >= 0.6 is 12.4 Å². The van der Waals surface area contributed by atoms with Gasteiger partial charge in [-0.2, -0.15) is 5.10 Å². The van der Waals surface area contributed by atoms with Crippen LogP contribution < -0.4 is 5.73 Å². The van der Waals surface area contributed by atoms with E-state index in [1.807, 2.05) is 26.2 Å². The molecule has 5 heteroatoms. The van der Waals surface area contributed by atoms with Gasteiger partial charge >= 0.3 is 0 Å². The summed E-state index contributed by atoms with van der Waals surface area (Å²) in [4.78, 5) is 4.22. The van der Waals surface area contributed by atoms with Crippen LogP contribution in [0.15, 0.2) is 18.5 Å². The molecule has 4 nitrogen and oxygen atoms in total. The molecule has 76 valence electrons. The number of nitrogens with zero attached hydrogens (tertiary/aromatic N) is 3. The molecule has 2 rings (SSSR count). The van der Waals surface area contributed by atoms with Gasteiger partial charge in [0.1, 0.15) is 5.52 Å². The molecule has 0 aliphatic carbocycles. The molecule has 0 unspecified atom stereocenters. The van der Waals surface area contributed by atoms with E-state index in [2.05, 4.69) is 10.1 Å². The second-order valence-electron chi connectivity index (χ2n) is 3.26. The molecule has 0 fully saturated rings. The highest BCUT2D eigenvalue weighted by Gasteiger charge is 2.04. The number of rotatable bonds is 1. The van der Waals surface area contributed by atoms with Crippen molar-refractivity contribution in [3.05, 3.63) is 24.2 Å². The van der Waals surface area contributed by atoms with Crippen molar-refractivity contribution in [2.24, 2.45) is 12.8 Å². The van der Waals surface area contributed by atoms with Gasteiger partial charge in [0.2, 0.25) is 0 Å². The Bertz CT molecular complexity index is 435. The van der Waals surface area contributed by atoms with Crippen LogP contribution in [-0.2, 0) is 7.05 Å². The lowest BCUT2D eigenvalue weighted by molar-refractivity contribution is 0.777. The van der Waals surface area contributed by atoms with Crippen LogP contribution in [0.5, 0.6) is 0 Å². The van der Waals surface area contributed by atoms with Gasteiger partial charge in [-0.05, 0) is 13.0 Å². The van der Waals surface area contributed by atoms with Crippen molar-refractivity contribution in [1.29, 1.82) is 0 Å². The molecule has 0 radical (unpaired) electrons. The van der Waals surface area contributed by atoms with Gasteiger partial charge in [-0.1, -0.05) is 0 Å². The summed E-state index contributed by atoms with van der Waals surface area (Å²) >= 11 is 0. The van der Waals surface area contributed by atoms with Gasteiger partial charge in [0.15, 0.2) is 0 Å². The lowest BCUT2D eigenvalue weighted by atomic mass is 10.2. The number of halogens is 1. The lowest BCUT2D eigenvalue weighted by Crippen LogP contribution is -2.06. The predicted molar refractivity (Wildman–Crippen MR) is 58.4 cm³/mol. The highest BCUT2D eigenvalue weighted by molar-refractivity contribution is 5.85. The minimum atomic E-state index is -0.0235. The zero-order valence-corrected chi connectivity index (χ0v) is 8.95. The molecule has 0 bridgehead atoms. The summed E-state index contributed by atoms with van der Waals surface area (Å²) in [5.41, 5.74) is 7.53. The second kappa shape index (κ2) is 3.94.